The second kappa shape index (κ2) is 29.6. The molecule has 25 aromatic rings. The van der Waals surface area contributed by atoms with E-state index in [1.165, 1.54) is 5.56 Å². The van der Waals surface area contributed by atoms with Crippen LogP contribution in [0.2, 0.25) is 0 Å². The molecule has 0 bridgehead atoms. The first-order chi connectivity index (χ1) is 66.8. The van der Waals surface area contributed by atoms with Crippen molar-refractivity contribution in [1.82, 2.24) is 9.13 Å². The van der Waals surface area contributed by atoms with Crippen LogP contribution in [-0.4, -0.2) is 15.8 Å². The molecule has 0 unspecified atom stereocenters. The lowest BCUT2D eigenvalue weighted by Crippen LogP contribution is -2.61. The third kappa shape index (κ3) is 12.1. The predicted molar refractivity (Wildman–Crippen MR) is 572 cm³/mol. The Balaban J connectivity index is 0.881. The van der Waals surface area contributed by atoms with Gasteiger partial charge in [0, 0.05) is 115 Å². The topological polar surface area (TPSA) is 92.7 Å². The average molecular weight is 1760 g/mol. The summed E-state index contributed by atoms with van der Waals surface area (Å²) >= 11 is 0. The Hall–Kier alpha value is -16.9. The fourth-order valence-corrected chi connectivity index (χ4v) is 22.9. The van der Waals surface area contributed by atoms with E-state index in [-0.39, 0.29) is 5.41 Å². The van der Waals surface area contributed by atoms with Gasteiger partial charge in [-0.1, -0.05) is 293 Å². The number of hydrogen-bond donors (Lipinski definition) is 0. The highest BCUT2D eigenvalue weighted by Gasteiger charge is 2.48. The van der Waals surface area contributed by atoms with Gasteiger partial charge in [-0.25, -0.2) is 0 Å². The van der Waals surface area contributed by atoms with E-state index in [2.05, 4.69) is 463 Å². The van der Waals surface area contributed by atoms with Crippen molar-refractivity contribution < 1.29 is 17.7 Å². The third-order valence-electron chi connectivity index (χ3n) is 29.4. The maximum atomic E-state index is 11.0. The van der Waals surface area contributed by atoms with Gasteiger partial charge in [0.15, 0.2) is 0 Å². The number of para-hydroxylation sites is 6. The van der Waals surface area contributed by atoms with Crippen LogP contribution >= 0.6 is 0 Å². The summed E-state index contributed by atoms with van der Waals surface area (Å²) in [6.07, 6.45) is 0. The van der Waals surface area contributed by atoms with Gasteiger partial charge in [0.05, 0.1) is 50.8 Å². The molecule has 0 fully saturated rings. The number of benzene rings is 19. The van der Waals surface area contributed by atoms with Crippen LogP contribution in [0.3, 0.4) is 0 Å². The minimum absolute atomic E-state index is 0.189. The molecule has 0 saturated heterocycles. The van der Waals surface area contributed by atoms with Crippen molar-refractivity contribution in [2.24, 2.45) is 0 Å². The van der Waals surface area contributed by atoms with Crippen LogP contribution in [0.25, 0.3) is 210 Å². The molecule has 650 valence electrons. The highest BCUT2D eigenvalue weighted by atomic mass is 16.3. The van der Waals surface area contributed by atoms with Crippen molar-refractivity contribution in [3.63, 3.8) is 0 Å². The third-order valence-corrected chi connectivity index (χ3v) is 29.4. The molecule has 0 atom stereocenters. The minimum atomic E-state index is -0.506. The van der Waals surface area contributed by atoms with E-state index < -0.39 is 17.5 Å². The van der Waals surface area contributed by atoms with Crippen molar-refractivity contribution in [3.8, 4) is 84.2 Å². The Kier molecular flexibility index (Phi) is 17.2. The molecule has 6 aromatic heterocycles. The molecule has 0 amide bonds. The molecule has 0 N–H and O–H groups in total. The lowest BCUT2D eigenvalue weighted by Gasteiger charge is -2.46. The molecule has 0 aliphatic carbocycles. The standard InChI is InChI=1S/C127H90BN5O4/c1-125(2,3)79-56-61-105-95(65-79)94-62-74(73-129)54-59-104(94)130(105)82-57-58-100-107(70-82)133(124-98(88-42-28-52-116-120(88)92-38-17-23-48-112(92)136-116)68-81(127(7,8)9)69-99(124)89-43-29-53-117-121(89)93-39-18-24-49-113(93)137-117)109-72-83(131-102-44-19-13-34-84(102)85-35-14-20-45-103(85)131)71-108-122(109)128(100)101-64-78(77-33-25-32-76(63-77)75-30-11-10-12-31-75)55-60-106(101)132(108)123-96(86-40-26-50-114-118(86)90-36-15-21-46-110(90)134-114)66-80(126(4,5)6)67-97(123)87-41-27-51-115-119(87)91-37-16-22-47-111(91)135-115/h10-72H,1-9H3. The Morgan fingerprint density at radius 1 is 0.241 bits per heavy atom. The highest BCUT2D eigenvalue weighted by Crippen LogP contribution is 2.59. The number of hydrogen-bond acceptors (Lipinski definition) is 7. The van der Waals surface area contributed by atoms with E-state index in [1.807, 2.05) is 6.07 Å². The van der Waals surface area contributed by atoms with Crippen molar-refractivity contribution in [2.75, 3.05) is 9.80 Å². The van der Waals surface area contributed by atoms with Crippen LogP contribution in [0.5, 0.6) is 0 Å². The Labute approximate surface area is 792 Å². The zero-order valence-corrected chi connectivity index (χ0v) is 77.3. The fourth-order valence-electron chi connectivity index (χ4n) is 22.9. The van der Waals surface area contributed by atoms with Gasteiger partial charge in [-0.2, -0.15) is 5.26 Å². The number of nitriles is 1. The first-order valence-electron chi connectivity index (χ1n) is 47.5. The molecule has 0 saturated carbocycles. The van der Waals surface area contributed by atoms with Crippen molar-refractivity contribution in [2.45, 2.75) is 78.6 Å². The maximum Gasteiger partial charge on any atom is 0.252 e. The second-order valence-corrected chi connectivity index (χ2v) is 40.4. The zero-order valence-electron chi connectivity index (χ0n) is 77.3. The minimum Gasteiger partial charge on any atom is -0.456 e. The SMILES string of the molecule is CC(C)(C)c1cc(-c2cccc3oc4ccccc4c23)c(N2c3ccc(-c4cccc(-c5ccccc5)c4)cc3B3c4ccc(-n5c6ccc(C#N)cc6c6cc(C(C)(C)C)ccc65)cc4N(c4c(-c5cccc6oc7ccccc7c56)cc(C(C)(C)C)cc4-c4cccc5oc6ccccc6c45)c4cc(-n5c6ccccc6c6ccccc65)cc2c43)c(-c2cccc3oc4ccccc4c23)c1. The monoisotopic (exact) mass is 1760 g/mol. The fraction of sp³-hybridized carbons (Fsp3) is 0.0945. The molecule has 9 nitrogen and oxygen atoms in total. The maximum absolute atomic E-state index is 11.0. The summed E-state index contributed by atoms with van der Waals surface area (Å²) in [5.74, 6) is 0. The van der Waals surface area contributed by atoms with Gasteiger partial charge in [0.2, 0.25) is 0 Å². The summed E-state index contributed by atoms with van der Waals surface area (Å²) in [6, 6.07) is 144. The number of rotatable bonds is 10. The van der Waals surface area contributed by atoms with E-state index in [9.17, 15) is 5.26 Å². The molecule has 2 aliphatic rings. The summed E-state index contributed by atoms with van der Waals surface area (Å²) in [4.78, 5) is 5.44. The molecular formula is C127H90BN5O4. The molecule has 19 aromatic carbocycles. The lowest BCUT2D eigenvalue weighted by molar-refractivity contribution is 0.590. The summed E-state index contributed by atoms with van der Waals surface area (Å²) < 4.78 is 33.5. The summed E-state index contributed by atoms with van der Waals surface area (Å²) in [7, 11) is 0. The van der Waals surface area contributed by atoms with Gasteiger partial charge < -0.3 is 36.6 Å². The van der Waals surface area contributed by atoms with Crippen molar-refractivity contribution >= 4 is 189 Å². The molecular weight excluding hydrogens is 1670 g/mol. The smallest absolute Gasteiger partial charge is 0.252 e. The molecule has 8 heterocycles. The van der Waals surface area contributed by atoms with Gasteiger partial charge in [-0.05, 0) is 245 Å². The van der Waals surface area contributed by atoms with Crippen molar-refractivity contribution in [3.05, 3.63) is 404 Å². The normalized spacial score (nSPS) is 12.9. The van der Waals surface area contributed by atoms with Gasteiger partial charge in [0.25, 0.3) is 6.71 Å². The van der Waals surface area contributed by atoms with E-state index in [0.717, 1.165) is 271 Å². The number of aromatic nitrogens is 2. The zero-order chi connectivity index (χ0) is 91.9. The quantitative estimate of drug-likeness (QED) is 0.126. The molecule has 10 heteroatoms. The molecule has 137 heavy (non-hydrogen) atoms. The summed E-state index contributed by atoms with van der Waals surface area (Å²) in [5.41, 5.74) is 37.3. The molecule has 0 radical (unpaired) electrons. The van der Waals surface area contributed by atoms with Gasteiger partial charge >= 0.3 is 0 Å². The Morgan fingerprint density at radius 3 is 1.07 bits per heavy atom. The first kappa shape index (κ1) is 79.8. The van der Waals surface area contributed by atoms with Crippen LogP contribution in [0.4, 0.5) is 34.1 Å². The Bertz CT molecular complexity index is 9230. The van der Waals surface area contributed by atoms with E-state index in [0.29, 0.717) is 5.56 Å². The Morgan fingerprint density at radius 2 is 0.606 bits per heavy atom. The van der Waals surface area contributed by atoms with Crippen LogP contribution in [0, 0.1) is 11.3 Å². The van der Waals surface area contributed by atoms with Crippen LogP contribution in [0.15, 0.2) is 400 Å². The number of furan rings is 4. The average Bonchev–Trinajstić information content (AvgIpc) is 1.50. The number of anilines is 6. The molecule has 27 rings (SSSR count). The van der Waals surface area contributed by atoms with Crippen molar-refractivity contribution in [1.29, 1.82) is 5.26 Å². The predicted octanol–water partition coefficient (Wildman–Crippen LogP) is 33.3. The first-order valence-corrected chi connectivity index (χ1v) is 47.5. The van der Waals surface area contributed by atoms with Gasteiger partial charge in [-0.15, -0.1) is 0 Å². The van der Waals surface area contributed by atoms with Crippen LogP contribution in [-0.2, 0) is 16.2 Å². The van der Waals surface area contributed by atoms with E-state index >= 15 is 0 Å². The highest BCUT2D eigenvalue weighted by molar-refractivity contribution is 7.00. The van der Waals surface area contributed by atoms with Gasteiger partial charge in [-0.3, -0.25) is 0 Å². The molecule has 0 spiro atoms. The van der Waals surface area contributed by atoms with Crippen LogP contribution < -0.4 is 26.2 Å². The van der Waals surface area contributed by atoms with Gasteiger partial charge in [0.1, 0.15) is 44.7 Å². The largest absolute Gasteiger partial charge is 0.456 e. The lowest BCUT2D eigenvalue weighted by atomic mass is 9.33. The van der Waals surface area contributed by atoms with Crippen LogP contribution in [0.1, 0.15) is 84.6 Å². The number of nitrogens with zero attached hydrogens (tertiary/aromatic N) is 5. The van der Waals surface area contributed by atoms with E-state index in [1.54, 1.807) is 0 Å². The summed E-state index contributed by atoms with van der Waals surface area (Å²) in [6.45, 7) is 20.5. The second-order valence-electron chi connectivity index (χ2n) is 40.4. The summed E-state index contributed by atoms with van der Waals surface area (Å²) in [5, 5.41) is 23.5. The molecule has 2 aliphatic heterocycles. The van der Waals surface area contributed by atoms with E-state index in [4.69, 9.17) is 17.7 Å². The number of fused-ring (bicyclic) bond motifs is 22.